The molecule has 0 atom stereocenters. The van der Waals surface area contributed by atoms with Gasteiger partial charge in [-0.25, -0.2) is 4.98 Å². The Bertz CT molecular complexity index is 943. The fraction of sp³-hybridized carbons (Fsp3) is 0.364. The Hall–Kier alpha value is -2.86. The second-order valence-electron chi connectivity index (χ2n) is 7.19. The molecule has 1 aromatic carbocycles. The summed E-state index contributed by atoms with van der Waals surface area (Å²) >= 11 is 0. The molecule has 1 saturated heterocycles. The summed E-state index contributed by atoms with van der Waals surface area (Å²) in [7, 11) is 0. The number of pyridine rings is 1. The van der Waals surface area contributed by atoms with Crippen LogP contribution in [0.4, 0.5) is 5.82 Å². The third-order valence-electron chi connectivity index (χ3n) is 5.51. The van der Waals surface area contributed by atoms with E-state index >= 15 is 0 Å². The van der Waals surface area contributed by atoms with E-state index in [1.165, 1.54) is 10.9 Å². The highest BCUT2D eigenvalue weighted by Gasteiger charge is 2.18. The largest absolute Gasteiger partial charge is 0.361 e. The minimum absolute atomic E-state index is 0.0457. The fourth-order valence-corrected chi connectivity index (χ4v) is 3.78. The Kier molecular flexibility index (Phi) is 5.58. The van der Waals surface area contributed by atoms with E-state index in [1.807, 2.05) is 24.4 Å². The molecule has 1 fully saturated rings. The smallest absolute Gasteiger partial charge is 0.251 e. The van der Waals surface area contributed by atoms with Crippen molar-refractivity contribution in [1.29, 1.82) is 0 Å². The molecule has 6 heteroatoms. The number of carbonyl (C=O) groups excluding carboxylic acids is 1. The van der Waals surface area contributed by atoms with Gasteiger partial charge in [-0.15, -0.1) is 0 Å². The summed E-state index contributed by atoms with van der Waals surface area (Å²) in [6, 6.07) is 11.9. The third kappa shape index (κ3) is 4.02. The predicted octanol–water partition coefficient (Wildman–Crippen LogP) is 2.68. The number of hydrogen-bond donors (Lipinski definition) is 2. The van der Waals surface area contributed by atoms with Crippen LogP contribution in [-0.4, -0.2) is 60.0 Å². The molecule has 0 spiro atoms. The van der Waals surface area contributed by atoms with E-state index < -0.39 is 0 Å². The van der Waals surface area contributed by atoms with E-state index in [1.54, 1.807) is 12.3 Å². The topological polar surface area (TPSA) is 64.3 Å². The number of amides is 1. The van der Waals surface area contributed by atoms with Crippen molar-refractivity contribution in [2.24, 2.45) is 0 Å². The first-order chi connectivity index (χ1) is 13.7. The van der Waals surface area contributed by atoms with Gasteiger partial charge in [0.1, 0.15) is 5.82 Å². The molecule has 3 heterocycles. The van der Waals surface area contributed by atoms with Gasteiger partial charge in [-0.05, 0) is 36.7 Å². The van der Waals surface area contributed by atoms with Crippen LogP contribution in [0.1, 0.15) is 22.8 Å². The molecule has 6 nitrogen and oxygen atoms in total. The second kappa shape index (κ2) is 8.44. The van der Waals surface area contributed by atoms with Crippen molar-refractivity contribution in [3.63, 3.8) is 0 Å². The number of anilines is 1. The van der Waals surface area contributed by atoms with Gasteiger partial charge in [0.15, 0.2) is 0 Å². The minimum atomic E-state index is -0.0457. The van der Waals surface area contributed by atoms with Crippen molar-refractivity contribution in [3.8, 4) is 0 Å². The Balaban J connectivity index is 1.35. The van der Waals surface area contributed by atoms with Crippen LogP contribution < -0.4 is 10.2 Å². The maximum atomic E-state index is 12.6. The van der Waals surface area contributed by atoms with Crippen molar-refractivity contribution in [2.75, 3.05) is 44.2 Å². The summed E-state index contributed by atoms with van der Waals surface area (Å²) < 4.78 is 0. The molecule has 0 saturated carbocycles. The van der Waals surface area contributed by atoms with Crippen LogP contribution in [0.2, 0.25) is 0 Å². The normalized spacial score (nSPS) is 15.1. The van der Waals surface area contributed by atoms with E-state index in [9.17, 15) is 4.79 Å². The number of hydrogen-bond acceptors (Lipinski definition) is 4. The Morgan fingerprint density at radius 3 is 2.82 bits per heavy atom. The highest BCUT2D eigenvalue weighted by molar-refractivity contribution is 5.94. The molecular formula is C22H27N5O. The van der Waals surface area contributed by atoms with Gasteiger partial charge in [0.2, 0.25) is 0 Å². The van der Waals surface area contributed by atoms with Gasteiger partial charge in [0, 0.05) is 61.6 Å². The van der Waals surface area contributed by atoms with Crippen LogP contribution in [0.15, 0.2) is 48.8 Å². The van der Waals surface area contributed by atoms with Crippen LogP contribution in [-0.2, 0) is 6.42 Å². The Morgan fingerprint density at radius 2 is 2.00 bits per heavy atom. The summed E-state index contributed by atoms with van der Waals surface area (Å²) in [5.74, 6) is 0.843. The number of nitrogens with one attached hydrogen (secondary N) is 2. The molecule has 0 radical (unpaired) electrons. The molecule has 2 N–H and O–H groups in total. The lowest BCUT2D eigenvalue weighted by Crippen LogP contribution is -2.46. The first-order valence-corrected chi connectivity index (χ1v) is 10.0. The number of benzene rings is 1. The maximum Gasteiger partial charge on any atom is 0.251 e. The first kappa shape index (κ1) is 18.5. The molecule has 28 heavy (non-hydrogen) atoms. The molecular weight excluding hydrogens is 350 g/mol. The summed E-state index contributed by atoms with van der Waals surface area (Å²) in [4.78, 5) is 25.0. The number of piperazine rings is 1. The number of H-pyrrole nitrogens is 1. The SMILES string of the molecule is CCN1CCN(c2cc(C(=O)NCCc3c[nH]c4ccccc34)ccn2)CC1. The molecule has 4 rings (SSSR count). The second-order valence-corrected chi connectivity index (χ2v) is 7.19. The van der Waals surface area contributed by atoms with Crippen molar-refractivity contribution in [2.45, 2.75) is 13.3 Å². The summed E-state index contributed by atoms with van der Waals surface area (Å²) in [5, 5.41) is 4.26. The number of para-hydroxylation sites is 1. The first-order valence-electron chi connectivity index (χ1n) is 10.0. The highest BCUT2D eigenvalue weighted by atomic mass is 16.1. The van der Waals surface area contributed by atoms with Crippen LogP contribution in [0, 0.1) is 0 Å². The number of aromatic amines is 1. The zero-order valence-electron chi connectivity index (χ0n) is 16.3. The summed E-state index contributed by atoms with van der Waals surface area (Å²) in [5.41, 5.74) is 3.02. The summed E-state index contributed by atoms with van der Waals surface area (Å²) in [6.07, 6.45) is 4.56. The molecule has 0 bridgehead atoms. The standard InChI is InChI=1S/C22H27N5O/c1-2-26-11-13-27(14-12-26)21-15-17(7-9-23-21)22(28)24-10-8-18-16-25-20-6-4-3-5-19(18)20/h3-7,9,15-16,25H,2,8,10-14H2,1H3,(H,24,28). The maximum absolute atomic E-state index is 12.6. The third-order valence-corrected chi connectivity index (χ3v) is 5.51. The fourth-order valence-electron chi connectivity index (χ4n) is 3.78. The average Bonchev–Trinajstić information content (AvgIpc) is 3.17. The van der Waals surface area contributed by atoms with Crippen molar-refractivity contribution < 1.29 is 4.79 Å². The molecule has 3 aromatic rings. The predicted molar refractivity (Wildman–Crippen MR) is 113 cm³/mol. The lowest BCUT2D eigenvalue weighted by Gasteiger charge is -2.34. The van der Waals surface area contributed by atoms with Gasteiger partial charge in [0.25, 0.3) is 5.91 Å². The molecule has 1 aliphatic heterocycles. The Morgan fingerprint density at radius 1 is 1.18 bits per heavy atom. The van der Waals surface area contributed by atoms with Gasteiger partial charge < -0.3 is 20.1 Å². The molecule has 1 aliphatic rings. The average molecular weight is 377 g/mol. The number of likely N-dealkylation sites (N-methyl/N-ethyl adjacent to an activating group) is 1. The molecule has 0 unspecified atom stereocenters. The lowest BCUT2D eigenvalue weighted by atomic mass is 10.1. The van der Waals surface area contributed by atoms with E-state index in [-0.39, 0.29) is 5.91 Å². The minimum Gasteiger partial charge on any atom is -0.361 e. The van der Waals surface area contributed by atoms with Crippen LogP contribution >= 0.6 is 0 Å². The molecule has 146 valence electrons. The number of nitrogens with zero attached hydrogens (tertiary/aromatic N) is 3. The van der Waals surface area contributed by atoms with Crippen molar-refractivity contribution in [3.05, 3.63) is 59.9 Å². The van der Waals surface area contributed by atoms with Gasteiger partial charge >= 0.3 is 0 Å². The molecule has 1 amide bonds. The highest BCUT2D eigenvalue weighted by Crippen LogP contribution is 2.18. The monoisotopic (exact) mass is 377 g/mol. The van der Waals surface area contributed by atoms with Crippen LogP contribution in [0.25, 0.3) is 10.9 Å². The number of carbonyl (C=O) groups is 1. The van der Waals surface area contributed by atoms with Gasteiger partial charge in [-0.3, -0.25) is 4.79 Å². The number of aromatic nitrogens is 2. The van der Waals surface area contributed by atoms with Crippen molar-refractivity contribution in [1.82, 2.24) is 20.2 Å². The molecule has 0 aliphatic carbocycles. The van der Waals surface area contributed by atoms with Crippen molar-refractivity contribution >= 4 is 22.6 Å². The van der Waals surface area contributed by atoms with E-state index in [0.717, 1.165) is 50.5 Å². The van der Waals surface area contributed by atoms with Gasteiger partial charge in [0.05, 0.1) is 0 Å². The zero-order chi connectivity index (χ0) is 19.3. The quantitative estimate of drug-likeness (QED) is 0.693. The van der Waals surface area contributed by atoms with E-state index in [2.05, 4.69) is 44.1 Å². The van der Waals surface area contributed by atoms with E-state index in [0.29, 0.717) is 12.1 Å². The number of rotatable bonds is 6. The van der Waals surface area contributed by atoms with Gasteiger partial charge in [-0.1, -0.05) is 25.1 Å². The van der Waals surface area contributed by atoms with Crippen LogP contribution in [0.3, 0.4) is 0 Å². The van der Waals surface area contributed by atoms with Crippen LogP contribution in [0.5, 0.6) is 0 Å². The zero-order valence-corrected chi connectivity index (χ0v) is 16.3. The summed E-state index contributed by atoms with van der Waals surface area (Å²) in [6.45, 7) is 7.86. The molecule has 2 aromatic heterocycles. The van der Waals surface area contributed by atoms with E-state index in [4.69, 9.17) is 0 Å². The van der Waals surface area contributed by atoms with Gasteiger partial charge in [-0.2, -0.15) is 0 Å². The number of fused-ring (bicyclic) bond motifs is 1. The Labute approximate surface area is 165 Å². The lowest BCUT2D eigenvalue weighted by molar-refractivity contribution is 0.0954.